The lowest BCUT2D eigenvalue weighted by atomic mass is 9.87. The number of nitrogens with one attached hydrogen (secondary N) is 1. The average Bonchev–Trinajstić information content (AvgIpc) is 3.16. The minimum Gasteiger partial charge on any atom is -0.497 e. The molecule has 9 rings (SSSR count). The molecular weight excluding hydrogens is 646 g/mol. The van der Waals surface area contributed by atoms with Crippen molar-refractivity contribution in [3.63, 3.8) is 0 Å². The summed E-state index contributed by atoms with van der Waals surface area (Å²) in [4.78, 5) is 44.9. The Kier molecular flexibility index (Phi) is 6.72. The zero-order valence-electron chi connectivity index (χ0n) is 28.2. The number of hydrogen-bond donors (Lipinski definition) is 1. The molecule has 0 saturated carbocycles. The van der Waals surface area contributed by atoms with Crippen LogP contribution in [0, 0.1) is 0 Å². The molecule has 0 spiro atoms. The molecule has 0 bridgehead atoms. The molecule has 9 aromatic rings. The summed E-state index contributed by atoms with van der Waals surface area (Å²) in [7, 11) is 6.31. The van der Waals surface area contributed by atoms with E-state index in [-0.39, 0.29) is 29.9 Å². The maximum atomic E-state index is 14.1. The Balaban J connectivity index is 1.29. The van der Waals surface area contributed by atoms with Gasteiger partial charge in [-0.25, -0.2) is 4.79 Å². The first-order valence-corrected chi connectivity index (χ1v) is 16.4. The third-order valence-corrected chi connectivity index (χ3v) is 10.3. The highest BCUT2D eigenvalue weighted by Gasteiger charge is 2.23. The molecule has 1 N–H and O–H groups in total. The molecule has 0 atom stereocenters. The van der Waals surface area contributed by atoms with Gasteiger partial charge in [-0.1, -0.05) is 24.3 Å². The Morgan fingerprint density at radius 1 is 0.490 bits per heavy atom. The Labute approximate surface area is 289 Å². The third-order valence-electron chi connectivity index (χ3n) is 10.3. The van der Waals surface area contributed by atoms with Gasteiger partial charge in [-0.2, -0.15) is 0 Å². The molecule has 0 aliphatic rings. The molecule has 7 aromatic carbocycles. The van der Waals surface area contributed by atoms with Gasteiger partial charge in [-0.3, -0.25) is 18.7 Å². The van der Waals surface area contributed by atoms with Gasteiger partial charge in [0.15, 0.2) is 0 Å². The molecular formula is C41H31N3O7. The van der Waals surface area contributed by atoms with E-state index in [1.54, 1.807) is 57.3 Å². The summed E-state index contributed by atoms with van der Waals surface area (Å²) in [5.74, 6) is 2.43. The summed E-state index contributed by atoms with van der Waals surface area (Å²) >= 11 is 0. The highest BCUT2D eigenvalue weighted by Crippen LogP contribution is 2.44. The van der Waals surface area contributed by atoms with E-state index >= 15 is 0 Å². The number of aromatic nitrogens is 3. The minimum absolute atomic E-state index is 0.0492. The van der Waals surface area contributed by atoms with E-state index in [0.29, 0.717) is 44.7 Å². The highest BCUT2D eigenvalue weighted by molar-refractivity contribution is 6.39. The van der Waals surface area contributed by atoms with E-state index in [4.69, 9.17) is 18.9 Å². The van der Waals surface area contributed by atoms with E-state index in [1.165, 1.54) is 4.57 Å². The number of hydrogen-bond acceptors (Lipinski definition) is 7. The summed E-state index contributed by atoms with van der Waals surface area (Å²) in [5, 5.41) is 8.15. The van der Waals surface area contributed by atoms with Crippen LogP contribution in [0.2, 0.25) is 0 Å². The van der Waals surface area contributed by atoms with Crippen molar-refractivity contribution in [1.82, 2.24) is 14.1 Å². The molecule has 252 valence electrons. The first kappa shape index (κ1) is 30.5. The number of H-pyrrole nitrogens is 1. The maximum Gasteiger partial charge on any atom is 0.326 e. The predicted molar refractivity (Wildman–Crippen MR) is 200 cm³/mol. The summed E-state index contributed by atoms with van der Waals surface area (Å²) < 4.78 is 24.9. The van der Waals surface area contributed by atoms with Crippen molar-refractivity contribution in [3.8, 4) is 23.0 Å². The van der Waals surface area contributed by atoms with Gasteiger partial charge in [0.2, 0.25) is 0 Å². The average molecular weight is 678 g/mol. The lowest BCUT2D eigenvalue weighted by Gasteiger charge is -2.20. The lowest BCUT2D eigenvalue weighted by Crippen LogP contribution is -2.33. The van der Waals surface area contributed by atoms with Gasteiger partial charge in [-0.15, -0.1) is 0 Å². The molecule has 0 fully saturated rings. The Hall–Kier alpha value is -6.55. The summed E-state index contributed by atoms with van der Waals surface area (Å²) in [6.45, 7) is 0.326. The molecule has 0 amide bonds. The number of benzene rings is 7. The molecule has 2 heterocycles. The zero-order valence-corrected chi connectivity index (χ0v) is 28.2. The Bertz CT molecular complexity index is 2970. The summed E-state index contributed by atoms with van der Waals surface area (Å²) in [5.41, 5.74) is 2.04. The number of nitrogens with zero attached hydrogens (tertiary/aromatic N) is 2. The number of pyridine rings is 1. The molecule has 51 heavy (non-hydrogen) atoms. The second kappa shape index (κ2) is 11.2. The van der Waals surface area contributed by atoms with E-state index in [0.717, 1.165) is 54.3 Å². The number of rotatable bonds is 8. The van der Waals surface area contributed by atoms with Crippen LogP contribution in [-0.4, -0.2) is 42.6 Å². The monoisotopic (exact) mass is 677 g/mol. The van der Waals surface area contributed by atoms with Gasteiger partial charge in [-0.05, 0) is 75.5 Å². The fraction of sp³-hybridized carbons (Fsp3) is 0.146. The SMILES string of the molecule is COc1ccc(Cn2c(=O)c3ccc4c5ccc6[nH]c(=O)n(Cc7ccc(OC)cc7OC)c7ccc(c8ccc(c2=O)c3c48)c5c67)c(OC)c1. The molecule has 0 radical (unpaired) electrons. The second-order valence-corrected chi connectivity index (χ2v) is 12.7. The van der Waals surface area contributed by atoms with Crippen LogP contribution >= 0.6 is 0 Å². The van der Waals surface area contributed by atoms with Crippen molar-refractivity contribution >= 4 is 64.9 Å². The number of methoxy groups -OCH3 is 4. The van der Waals surface area contributed by atoms with Gasteiger partial charge in [0.05, 0.1) is 52.6 Å². The summed E-state index contributed by atoms with van der Waals surface area (Å²) in [6.07, 6.45) is 0. The third kappa shape index (κ3) is 4.32. The van der Waals surface area contributed by atoms with Gasteiger partial charge in [0, 0.05) is 50.2 Å². The first-order valence-electron chi connectivity index (χ1n) is 16.4. The molecule has 2 aromatic heterocycles. The van der Waals surface area contributed by atoms with Crippen molar-refractivity contribution in [2.24, 2.45) is 0 Å². The molecule has 0 unspecified atom stereocenters. The first-order chi connectivity index (χ1) is 24.8. The standard InChI is InChI=1S/C41H31N3O7/c1-48-23-7-5-21(33(17-23)50-3)19-43-32-16-14-28-26-10-12-30-37-29(39(45)44(40(30)46)20-22-6-8-24(49-2)18-34(22)51-4)11-9-25(35(26)37)27-13-15-31(42-41(43)47)38(32)36(27)28/h5-18H,19-20H2,1-4H3,(H,42,47). The quantitative estimate of drug-likeness (QED) is 0.142. The Morgan fingerprint density at radius 2 is 0.941 bits per heavy atom. The summed E-state index contributed by atoms with van der Waals surface area (Å²) in [6, 6.07) is 26.4. The van der Waals surface area contributed by atoms with Crippen LogP contribution in [0.25, 0.3) is 64.9 Å². The normalized spacial score (nSPS) is 11.9. The minimum atomic E-state index is -0.363. The van der Waals surface area contributed by atoms with Gasteiger partial charge in [0.25, 0.3) is 11.1 Å². The van der Waals surface area contributed by atoms with Crippen molar-refractivity contribution in [3.05, 3.63) is 127 Å². The van der Waals surface area contributed by atoms with Crippen LogP contribution in [0.5, 0.6) is 23.0 Å². The largest absolute Gasteiger partial charge is 0.497 e. The van der Waals surface area contributed by atoms with Crippen LogP contribution in [0.15, 0.2) is 99.3 Å². The van der Waals surface area contributed by atoms with Crippen molar-refractivity contribution < 1.29 is 18.9 Å². The van der Waals surface area contributed by atoms with E-state index in [9.17, 15) is 14.4 Å². The number of fused-ring (bicyclic) bond motifs is 2. The van der Waals surface area contributed by atoms with Crippen LogP contribution in [0.1, 0.15) is 11.1 Å². The van der Waals surface area contributed by atoms with Crippen LogP contribution < -0.4 is 35.8 Å². The van der Waals surface area contributed by atoms with Crippen LogP contribution in [0.3, 0.4) is 0 Å². The van der Waals surface area contributed by atoms with Gasteiger partial charge >= 0.3 is 5.69 Å². The van der Waals surface area contributed by atoms with Gasteiger partial charge in [0.1, 0.15) is 23.0 Å². The molecule has 0 aliphatic carbocycles. The molecule has 0 aliphatic heterocycles. The Morgan fingerprint density at radius 3 is 1.47 bits per heavy atom. The van der Waals surface area contributed by atoms with Gasteiger partial charge < -0.3 is 23.9 Å². The highest BCUT2D eigenvalue weighted by atomic mass is 16.5. The fourth-order valence-corrected chi connectivity index (χ4v) is 7.84. The molecule has 10 nitrogen and oxygen atoms in total. The van der Waals surface area contributed by atoms with E-state index in [2.05, 4.69) is 4.98 Å². The fourth-order valence-electron chi connectivity index (χ4n) is 7.84. The smallest absolute Gasteiger partial charge is 0.326 e. The van der Waals surface area contributed by atoms with Crippen LogP contribution in [0.4, 0.5) is 0 Å². The number of aromatic amines is 1. The van der Waals surface area contributed by atoms with Crippen molar-refractivity contribution in [1.29, 1.82) is 0 Å². The maximum absolute atomic E-state index is 14.1. The molecule has 10 heteroatoms. The zero-order chi connectivity index (χ0) is 35.1. The van der Waals surface area contributed by atoms with E-state index < -0.39 is 0 Å². The van der Waals surface area contributed by atoms with Crippen LogP contribution in [-0.2, 0) is 13.1 Å². The number of ether oxygens (including phenoxy) is 4. The lowest BCUT2D eigenvalue weighted by molar-refractivity contribution is 0.390. The van der Waals surface area contributed by atoms with Crippen molar-refractivity contribution in [2.45, 2.75) is 13.1 Å². The van der Waals surface area contributed by atoms with Crippen molar-refractivity contribution in [2.75, 3.05) is 28.4 Å². The molecule has 0 saturated heterocycles. The topological polar surface area (TPSA) is 114 Å². The van der Waals surface area contributed by atoms with E-state index in [1.807, 2.05) is 60.7 Å². The second-order valence-electron chi connectivity index (χ2n) is 12.7. The predicted octanol–water partition coefficient (Wildman–Crippen LogP) is 6.62.